The van der Waals surface area contributed by atoms with Crippen LogP contribution in [0, 0.1) is 6.92 Å². The zero-order valence-corrected chi connectivity index (χ0v) is 17.0. The highest BCUT2D eigenvalue weighted by molar-refractivity contribution is 7.91. The lowest BCUT2D eigenvalue weighted by Crippen LogP contribution is -2.31. The van der Waals surface area contributed by atoms with Crippen LogP contribution in [-0.4, -0.2) is 42.2 Å². The zero-order chi connectivity index (χ0) is 18.6. The molecule has 3 rings (SSSR count). The Labute approximate surface area is 161 Å². The Morgan fingerprint density at radius 2 is 2.00 bits per heavy atom. The number of nitrogens with one attached hydrogen (secondary N) is 1. The van der Waals surface area contributed by atoms with Crippen LogP contribution in [0.3, 0.4) is 0 Å². The van der Waals surface area contributed by atoms with E-state index in [-0.39, 0.29) is 0 Å². The second-order valence-electron chi connectivity index (χ2n) is 5.80. The number of thiophene rings is 1. The third-order valence-corrected chi connectivity index (χ3v) is 7.88. The highest BCUT2D eigenvalue weighted by Crippen LogP contribution is 2.20. The molecule has 2 aromatic heterocycles. The number of hydrogen-bond acceptors (Lipinski definition) is 7. The number of aryl methyl sites for hydroxylation is 1. The molecule has 0 fully saturated rings. The number of benzene rings is 1. The highest BCUT2D eigenvalue weighted by atomic mass is 32.2. The monoisotopic (exact) mass is 408 g/mol. The van der Waals surface area contributed by atoms with Gasteiger partial charge in [-0.05, 0) is 29.5 Å². The fourth-order valence-corrected chi connectivity index (χ4v) is 5.36. The van der Waals surface area contributed by atoms with Gasteiger partial charge in [0.2, 0.25) is 5.13 Å². The van der Waals surface area contributed by atoms with Gasteiger partial charge in [-0.1, -0.05) is 30.3 Å². The van der Waals surface area contributed by atoms with Crippen molar-refractivity contribution < 1.29 is 8.42 Å². The van der Waals surface area contributed by atoms with Gasteiger partial charge in [0.1, 0.15) is 10.0 Å². The minimum atomic E-state index is -3.41. The zero-order valence-electron chi connectivity index (χ0n) is 14.5. The molecule has 1 aromatic carbocycles. The summed E-state index contributed by atoms with van der Waals surface area (Å²) in [5.41, 5.74) is 2.43. The van der Waals surface area contributed by atoms with Crippen molar-refractivity contribution in [2.45, 2.75) is 17.6 Å². The molecule has 0 amide bonds. The van der Waals surface area contributed by atoms with E-state index < -0.39 is 10.0 Å². The van der Waals surface area contributed by atoms with Crippen molar-refractivity contribution in [1.29, 1.82) is 0 Å². The van der Waals surface area contributed by atoms with E-state index in [4.69, 9.17) is 0 Å². The molecule has 0 radical (unpaired) electrons. The first kappa shape index (κ1) is 19.0. The van der Waals surface area contributed by atoms with Crippen molar-refractivity contribution in [2.75, 3.05) is 25.5 Å². The van der Waals surface area contributed by atoms with Crippen molar-refractivity contribution in [2.24, 2.45) is 0 Å². The van der Waals surface area contributed by atoms with Crippen LogP contribution < -0.4 is 5.32 Å². The summed E-state index contributed by atoms with van der Waals surface area (Å²) in [6, 6.07) is 11.5. The Morgan fingerprint density at radius 3 is 2.73 bits per heavy atom. The van der Waals surface area contributed by atoms with E-state index in [2.05, 4.69) is 33.7 Å². The number of anilines is 1. The molecule has 26 heavy (non-hydrogen) atoms. The predicted octanol–water partition coefficient (Wildman–Crippen LogP) is 3.23. The first-order chi connectivity index (χ1) is 12.5. The summed E-state index contributed by atoms with van der Waals surface area (Å²) in [5, 5.41) is 5.62. The molecule has 0 spiro atoms. The smallest absolute Gasteiger partial charge is 0.252 e. The Morgan fingerprint density at radius 1 is 1.19 bits per heavy atom. The third-order valence-electron chi connectivity index (χ3n) is 3.94. The van der Waals surface area contributed by atoms with E-state index in [1.807, 2.05) is 12.1 Å². The molecule has 0 saturated carbocycles. The third kappa shape index (κ3) is 4.47. The average Bonchev–Trinajstić information content (AvgIpc) is 3.29. The molecule has 6 nitrogen and oxygen atoms in total. The van der Waals surface area contributed by atoms with Gasteiger partial charge in [0.15, 0.2) is 0 Å². The van der Waals surface area contributed by atoms with Gasteiger partial charge in [-0.25, -0.2) is 13.4 Å². The van der Waals surface area contributed by atoms with Crippen molar-refractivity contribution in [3.05, 3.63) is 58.7 Å². The number of sulfonamides is 1. The number of nitrogens with zero attached hydrogens (tertiary/aromatic N) is 3. The second-order valence-corrected chi connectivity index (χ2v) is 9.78. The van der Waals surface area contributed by atoms with Crippen molar-refractivity contribution >= 4 is 38.0 Å². The van der Waals surface area contributed by atoms with Crippen molar-refractivity contribution in [3.8, 4) is 0 Å². The summed E-state index contributed by atoms with van der Waals surface area (Å²) in [6.07, 6.45) is 0.692. The first-order valence-corrected chi connectivity index (χ1v) is 11.2. The van der Waals surface area contributed by atoms with Crippen LogP contribution in [0.25, 0.3) is 0 Å². The Bertz CT molecular complexity index is 952. The van der Waals surface area contributed by atoms with Gasteiger partial charge < -0.3 is 5.32 Å². The molecular formula is C17H20N4O2S3. The maximum atomic E-state index is 12.4. The highest BCUT2D eigenvalue weighted by Gasteiger charge is 2.21. The molecule has 0 unspecified atom stereocenters. The van der Waals surface area contributed by atoms with Crippen LogP contribution >= 0.6 is 22.9 Å². The number of likely N-dealkylation sites (N-methyl/N-ethyl adjacent to an activating group) is 1. The molecule has 0 aliphatic rings. The molecule has 138 valence electrons. The molecule has 3 aromatic rings. The predicted molar refractivity (Wildman–Crippen MR) is 107 cm³/mol. The summed E-state index contributed by atoms with van der Waals surface area (Å²) in [5.74, 6) is 0.770. The second kappa shape index (κ2) is 8.26. The van der Waals surface area contributed by atoms with Crippen LogP contribution in [0.1, 0.15) is 17.0 Å². The molecular weight excluding hydrogens is 388 g/mol. The van der Waals surface area contributed by atoms with Gasteiger partial charge in [0, 0.05) is 38.1 Å². The summed E-state index contributed by atoms with van der Waals surface area (Å²) in [4.78, 5) is 4.49. The van der Waals surface area contributed by atoms with Gasteiger partial charge in [-0.3, -0.25) is 0 Å². The largest absolute Gasteiger partial charge is 0.359 e. The van der Waals surface area contributed by atoms with Crippen LogP contribution in [0.5, 0.6) is 0 Å². The van der Waals surface area contributed by atoms with Gasteiger partial charge in [0.05, 0.1) is 0 Å². The average molecular weight is 409 g/mol. The molecule has 9 heteroatoms. The summed E-state index contributed by atoms with van der Waals surface area (Å²) in [6.45, 7) is 2.90. The molecule has 0 bridgehead atoms. The fourth-order valence-electron chi connectivity index (χ4n) is 2.38. The van der Waals surface area contributed by atoms with E-state index >= 15 is 0 Å². The van der Waals surface area contributed by atoms with Crippen LogP contribution in [0.4, 0.5) is 5.13 Å². The summed E-state index contributed by atoms with van der Waals surface area (Å²) < 4.78 is 30.8. The Balaban J connectivity index is 1.53. The number of hydrogen-bond donors (Lipinski definition) is 1. The van der Waals surface area contributed by atoms with E-state index in [1.54, 1.807) is 24.6 Å². The van der Waals surface area contributed by atoms with Crippen molar-refractivity contribution in [3.63, 3.8) is 0 Å². The van der Waals surface area contributed by atoms with E-state index in [0.717, 1.165) is 5.82 Å². The summed E-state index contributed by atoms with van der Waals surface area (Å²) >= 11 is 2.52. The van der Waals surface area contributed by atoms with Gasteiger partial charge >= 0.3 is 0 Å². The van der Waals surface area contributed by atoms with Crippen molar-refractivity contribution in [1.82, 2.24) is 13.7 Å². The fraction of sp³-hybridized carbons (Fsp3) is 0.294. The van der Waals surface area contributed by atoms with Crippen LogP contribution in [0.2, 0.25) is 0 Å². The topological polar surface area (TPSA) is 75.2 Å². The Hall–Kier alpha value is -1.81. The molecule has 2 heterocycles. The van der Waals surface area contributed by atoms with Gasteiger partial charge in [-0.15, -0.1) is 11.3 Å². The lowest BCUT2D eigenvalue weighted by atomic mass is 10.1. The minimum Gasteiger partial charge on any atom is -0.359 e. The van der Waals surface area contributed by atoms with E-state index in [1.165, 1.54) is 38.3 Å². The maximum Gasteiger partial charge on any atom is 0.252 e. The molecule has 0 aliphatic heterocycles. The molecule has 1 N–H and O–H groups in total. The number of aromatic nitrogens is 2. The van der Waals surface area contributed by atoms with Gasteiger partial charge in [-0.2, -0.15) is 8.68 Å². The van der Waals surface area contributed by atoms with Gasteiger partial charge in [0.25, 0.3) is 10.0 Å². The SMILES string of the molecule is Cc1ccccc1Cc1nsc(NCCN(C)S(=O)(=O)c2cccs2)n1. The minimum absolute atomic E-state index is 0.354. The van der Waals surface area contributed by atoms with Crippen LogP contribution in [0.15, 0.2) is 46.0 Å². The lowest BCUT2D eigenvalue weighted by Gasteiger charge is -2.15. The summed E-state index contributed by atoms with van der Waals surface area (Å²) in [7, 11) is -1.83. The normalized spacial score (nSPS) is 11.8. The Kier molecular flexibility index (Phi) is 6.02. The lowest BCUT2D eigenvalue weighted by molar-refractivity contribution is 0.482. The van der Waals surface area contributed by atoms with E-state index in [0.29, 0.717) is 28.9 Å². The first-order valence-electron chi connectivity index (χ1n) is 8.07. The standard InChI is InChI=1S/C17H20N4O2S3/c1-13-6-3-4-7-14(13)12-15-19-17(25-20-15)18-9-10-21(2)26(22,23)16-8-5-11-24-16/h3-8,11H,9-10,12H2,1-2H3,(H,18,19,20). The molecule has 0 atom stereocenters. The maximum absolute atomic E-state index is 12.4. The van der Waals surface area contributed by atoms with Crippen LogP contribution in [-0.2, 0) is 16.4 Å². The molecule has 0 aliphatic carbocycles. The molecule has 0 saturated heterocycles. The van der Waals surface area contributed by atoms with E-state index in [9.17, 15) is 8.42 Å². The number of rotatable bonds is 8. The quantitative estimate of drug-likeness (QED) is 0.619.